The lowest BCUT2D eigenvalue weighted by Crippen LogP contribution is -2.58. The topological polar surface area (TPSA) is 45.5 Å². The van der Waals surface area contributed by atoms with Crippen LogP contribution in [0.2, 0.25) is 0 Å². The second kappa shape index (κ2) is 7.59. The van der Waals surface area contributed by atoms with Gasteiger partial charge >= 0.3 is 0 Å². The van der Waals surface area contributed by atoms with E-state index < -0.39 is 5.79 Å². The first-order valence-electron chi connectivity index (χ1n) is 10.9. The minimum absolute atomic E-state index is 0.0381. The van der Waals surface area contributed by atoms with Gasteiger partial charge in [0.15, 0.2) is 5.79 Å². The Balaban J connectivity index is 1.42. The molecule has 2 aliphatic carbocycles. The van der Waals surface area contributed by atoms with Crippen molar-refractivity contribution in [2.75, 3.05) is 19.8 Å². The molecule has 1 saturated heterocycles. The average molecular weight is 413 g/mol. The summed E-state index contributed by atoms with van der Waals surface area (Å²) in [6.07, 6.45) is 8.62. The number of nitrogens with zero attached hydrogens (tertiary/aromatic N) is 2. The summed E-state index contributed by atoms with van der Waals surface area (Å²) in [6, 6.07) is 6.55. The molecule has 3 unspecified atom stereocenters. The van der Waals surface area contributed by atoms with Gasteiger partial charge in [0.05, 0.1) is 31.7 Å². The molecule has 3 aliphatic rings. The molecule has 1 aromatic heterocycles. The highest BCUT2D eigenvalue weighted by atomic mass is 19.1. The molecule has 160 valence electrons. The van der Waals surface area contributed by atoms with Gasteiger partial charge in [0.2, 0.25) is 0 Å². The van der Waals surface area contributed by atoms with E-state index >= 15 is 0 Å². The summed E-state index contributed by atoms with van der Waals surface area (Å²) in [7, 11) is 0. The highest BCUT2D eigenvalue weighted by molar-refractivity contribution is 5.37. The third-order valence-corrected chi connectivity index (χ3v) is 7.25. The van der Waals surface area contributed by atoms with Crippen LogP contribution >= 0.6 is 0 Å². The second-order valence-electron chi connectivity index (χ2n) is 9.02. The van der Waals surface area contributed by atoms with Gasteiger partial charge in [0.1, 0.15) is 11.9 Å². The normalized spacial score (nSPS) is 32.7. The van der Waals surface area contributed by atoms with Crippen LogP contribution in [-0.2, 0) is 27.1 Å². The maximum Gasteiger partial charge on any atom is 0.174 e. The Morgan fingerprint density at radius 2 is 2.20 bits per heavy atom. The zero-order chi connectivity index (χ0) is 20.8. The predicted octanol–water partition coefficient (Wildman–Crippen LogP) is 4.23. The maximum atomic E-state index is 13.4. The van der Waals surface area contributed by atoms with Gasteiger partial charge in [-0.25, -0.2) is 9.07 Å². The Labute approximate surface area is 176 Å². The van der Waals surface area contributed by atoms with Crippen LogP contribution in [-0.4, -0.2) is 41.5 Å². The Bertz CT molecular complexity index is 927. The van der Waals surface area contributed by atoms with Crippen molar-refractivity contribution in [3.05, 3.63) is 60.2 Å². The molecular formula is C24H29FN2O3. The van der Waals surface area contributed by atoms with E-state index in [9.17, 15) is 4.39 Å². The fourth-order valence-corrected chi connectivity index (χ4v) is 5.67. The summed E-state index contributed by atoms with van der Waals surface area (Å²) >= 11 is 0. The van der Waals surface area contributed by atoms with Crippen molar-refractivity contribution in [1.82, 2.24) is 9.78 Å². The van der Waals surface area contributed by atoms with Crippen LogP contribution in [0, 0.1) is 17.2 Å². The molecule has 0 bridgehead atoms. The van der Waals surface area contributed by atoms with Crippen LogP contribution in [0.5, 0.6) is 0 Å². The van der Waals surface area contributed by atoms with E-state index in [1.165, 1.54) is 23.4 Å². The molecule has 2 heterocycles. The molecule has 0 radical (unpaired) electrons. The monoisotopic (exact) mass is 412 g/mol. The van der Waals surface area contributed by atoms with Crippen molar-refractivity contribution < 1.29 is 18.6 Å². The van der Waals surface area contributed by atoms with E-state index in [-0.39, 0.29) is 17.3 Å². The SMILES string of the molecule is C=CCOCC1COC2(CCCC3Cc4c(cnn4-c4ccc(F)cc4)C[C@@]32C)O1. The number of hydrogen-bond donors (Lipinski definition) is 0. The molecule has 0 amide bonds. The van der Waals surface area contributed by atoms with Gasteiger partial charge in [0.25, 0.3) is 0 Å². The number of benzene rings is 1. The quantitative estimate of drug-likeness (QED) is 0.545. The summed E-state index contributed by atoms with van der Waals surface area (Å²) in [5.74, 6) is -0.348. The number of ether oxygens (including phenoxy) is 3. The third-order valence-electron chi connectivity index (χ3n) is 7.25. The van der Waals surface area contributed by atoms with Gasteiger partial charge in [-0.3, -0.25) is 0 Å². The second-order valence-corrected chi connectivity index (χ2v) is 9.02. The molecule has 2 fully saturated rings. The number of rotatable bonds is 5. The number of hydrogen-bond acceptors (Lipinski definition) is 4. The molecule has 4 atom stereocenters. The predicted molar refractivity (Wildman–Crippen MR) is 111 cm³/mol. The molecule has 5 rings (SSSR count). The van der Waals surface area contributed by atoms with Gasteiger partial charge < -0.3 is 14.2 Å². The Morgan fingerprint density at radius 1 is 1.37 bits per heavy atom. The van der Waals surface area contributed by atoms with Gasteiger partial charge in [-0.15, -0.1) is 6.58 Å². The lowest BCUT2D eigenvalue weighted by Gasteiger charge is -2.54. The molecular weight excluding hydrogens is 383 g/mol. The smallest absolute Gasteiger partial charge is 0.174 e. The van der Waals surface area contributed by atoms with Crippen LogP contribution in [0.15, 0.2) is 43.1 Å². The van der Waals surface area contributed by atoms with Crippen molar-refractivity contribution in [2.45, 2.75) is 50.9 Å². The zero-order valence-electron chi connectivity index (χ0n) is 17.5. The van der Waals surface area contributed by atoms with E-state index in [0.717, 1.165) is 37.8 Å². The molecule has 5 nitrogen and oxygen atoms in total. The summed E-state index contributed by atoms with van der Waals surface area (Å²) in [6.45, 7) is 7.65. The molecule has 1 aromatic carbocycles. The Kier molecular flexibility index (Phi) is 5.04. The highest BCUT2D eigenvalue weighted by Crippen LogP contribution is 2.58. The molecule has 1 spiro atoms. The molecule has 6 heteroatoms. The van der Waals surface area contributed by atoms with E-state index in [1.807, 2.05) is 10.9 Å². The lowest BCUT2D eigenvalue weighted by atomic mass is 9.57. The highest BCUT2D eigenvalue weighted by Gasteiger charge is 2.61. The molecule has 30 heavy (non-hydrogen) atoms. The first kappa shape index (κ1) is 19.9. The van der Waals surface area contributed by atoms with Gasteiger partial charge in [-0.2, -0.15) is 5.10 Å². The van der Waals surface area contributed by atoms with Gasteiger partial charge in [-0.05, 0) is 61.4 Å². The number of halogens is 1. The van der Waals surface area contributed by atoms with Crippen molar-refractivity contribution in [3.63, 3.8) is 0 Å². The van der Waals surface area contributed by atoms with Crippen molar-refractivity contribution in [2.24, 2.45) is 11.3 Å². The maximum absolute atomic E-state index is 13.4. The standard InChI is InChI=1S/C24H29FN2O3/c1-3-11-28-15-21-16-29-24(30-21)10-4-5-18-12-22-17(13-23(18,24)2)14-26-27(22)20-8-6-19(25)7-9-20/h3,6-9,14,18,21H,1,4-5,10-13,15-16H2,2H3/t18?,21?,23-,24?/m0/s1. The van der Waals surface area contributed by atoms with Gasteiger partial charge in [0, 0.05) is 17.5 Å². The Hall–Kier alpha value is -2.02. The van der Waals surface area contributed by atoms with E-state index in [2.05, 4.69) is 18.6 Å². The van der Waals surface area contributed by atoms with Crippen LogP contribution in [0.25, 0.3) is 5.69 Å². The van der Waals surface area contributed by atoms with Crippen LogP contribution in [0.3, 0.4) is 0 Å². The van der Waals surface area contributed by atoms with Crippen LogP contribution in [0.1, 0.15) is 37.4 Å². The van der Waals surface area contributed by atoms with Crippen LogP contribution in [0.4, 0.5) is 4.39 Å². The van der Waals surface area contributed by atoms with E-state index in [1.54, 1.807) is 18.2 Å². The molecule has 2 aromatic rings. The fraction of sp³-hybridized carbons (Fsp3) is 0.542. The number of fused-ring (bicyclic) bond motifs is 3. The summed E-state index contributed by atoms with van der Waals surface area (Å²) in [5.41, 5.74) is 3.25. The van der Waals surface area contributed by atoms with Gasteiger partial charge in [-0.1, -0.05) is 13.0 Å². The Morgan fingerprint density at radius 3 is 3.00 bits per heavy atom. The molecule has 0 N–H and O–H groups in total. The van der Waals surface area contributed by atoms with E-state index in [4.69, 9.17) is 14.2 Å². The van der Waals surface area contributed by atoms with E-state index in [0.29, 0.717) is 25.7 Å². The minimum Gasteiger partial charge on any atom is -0.375 e. The largest absolute Gasteiger partial charge is 0.375 e. The summed E-state index contributed by atoms with van der Waals surface area (Å²) in [4.78, 5) is 0. The summed E-state index contributed by atoms with van der Waals surface area (Å²) in [5, 5.41) is 4.65. The zero-order valence-corrected chi connectivity index (χ0v) is 17.5. The first-order valence-corrected chi connectivity index (χ1v) is 10.9. The van der Waals surface area contributed by atoms with Crippen molar-refractivity contribution >= 4 is 0 Å². The summed E-state index contributed by atoms with van der Waals surface area (Å²) < 4.78 is 34.0. The van der Waals surface area contributed by atoms with Crippen molar-refractivity contribution in [1.29, 1.82) is 0 Å². The molecule has 1 aliphatic heterocycles. The fourth-order valence-electron chi connectivity index (χ4n) is 5.67. The molecule has 1 saturated carbocycles. The minimum atomic E-state index is -0.562. The third kappa shape index (κ3) is 3.13. The number of aromatic nitrogens is 2. The van der Waals surface area contributed by atoms with Crippen LogP contribution < -0.4 is 0 Å². The lowest BCUT2D eigenvalue weighted by molar-refractivity contribution is -0.278. The van der Waals surface area contributed by atoms with Crippen molar-refractivity contribution in [3.8, 4) is 5.69 Å². The first-order chi connectivity index (χ1) is 14.5. The average Bonchev–Trinajstić information content (AvgIpc) is 3.33.